The third kappa shape index (κ3) is 3.45. The molecular formula is C20H18Cl2N4O2. The number of esters is 1. The van der Waals surface area contributed by atoms with E-state index in [1.165, 1.54) is 0 Å². The molecule has 4 rings (SSSR count). The molecule has 0 aliphatic rings. The van der Waals surface area contributed by atoms with Crippen LogP contribution < -0.4 is 0 Å². The number of fused-ring (bicyclic) bond motifs is 2. The van der Waals surface area contributed by atoms with Crippen molar-refractivity contribution in [3.8, 4) is 11.4 Å². The minimum absolute atomic E-state index is 0.0173. The Morgan fingerprint density at radius 2 is 2.07 bits per heavy atom. The summed E-state index contributed by atoms with van der Waals surface area (Å²) in [4.78, 5) is 24.6. The number of benzene rings is 1. The first-order chi connectivity index (χ1) is 13.4. The van der Waals surface area contributed by atoms with Crippen LogP contribution in [0.4, 0.5) is 0 Å². The number of carbonyl (C=O) groups excluding carboxylic acids is 1. The highest BCUT2D eigenvalue weighted by molar-refractivity contribution is 6.42. The van der Waals surface area contributed by atoms with Crippen LogP contribution in [-0.4, -0.2) is 32.1 Å². The molecule has 0 radical (unpaired) electrons. The van der Waals surface area contributed by atoms with Crippen molar-refractivity contribution in [3.63, 3.8) is 0 Å². The number of hydrogen-bond donors (Lipinski definition) is 1. The summed E-state index contributed by atoms with van der Waals surface area (Å²) in [5.41, 5.74) is 2.95. The molecule has 4 aromatic rings. The highest BCUT2D eigenvalue weighted by Crippen LogP contribution is 2.33. The van der Waals surface area contributed by atoms with E-state index in [2.05, 4.69) is 9.97 Å². The maximum Gasteiger partial charge on any atom is 0.326 e. The van der Waals surface area contributed by atoms with Crippen LogP contribution in [0.1, 0.15) is 13.8 Å². The number of ether oxygens (including phenoxy) is 1. The third-order valence-electron chi connectivity index (χ3n) is 4.35. The van der Waals surface area contributed by atoms with Gasteiger partial charge in [-0.25, -0.2) is 9.97 Å². The highest BCUT2D eigenvalue weighted by Gasteiger charge is 2.20. The lowest BCUT2D eigenvalue weighted by Gasteiger charge is -2.11. The maximum atomic E-state index is 12.4. The largest absolute Gasteiger partial charge is 0.464 e. The van der Waals surface area contributed by atoms with Crippen molar-refractivity contribution in [1.29, 1.82) is 0 Å². The SMILES string of the molecule is CC(C)COC(=O)Cn1c(-c2c[nH]c3ncccc23)nc2cc(Cl)c(Cl)cc21. The van der Waals surface area contributed by atoms with Gasteiger partial charge in [0.25, 0.3) is 0 Å². The van der Waals surface area contributed by atoms with Gasteiger partial charge in [0.1, 0.15) is 18.0 Å². The van der Waals surface area contributed by atoms with Gasteiger partial charge in [0.15, 0.2) is 0 Å². The van der Waals surface area contributed by atoms with E-state index in [-0.39, 0.29) is 18.4 Å². The molecule has 0 aliphatic carbocycles. The summed E-state index contributed by atoms with van der Waals surface area (Å²) in [6, 6.07) is 7.23. The number of halogens is 2. The Kier molecular flexibility index (Phi) is 5.00. The second kappa shape index (κ2) is 7.45. The molecule has 3 aromatic heterocycles. The van der Waals surface area contributed by atoms with Crippen LogP contribution in [-0.2, 0) is 16.1 Å². The third-order valence-corrected chi connectivity index (χ3v) is 5.07. The molecule has 0 bridgehead atoms. The molecule has 8 heteroatoms. The van der Waals surface area contributed by atoms with Gasteiger partial charge in [-0.3, -0.25) is 4.79 Å². The summed E-state index contributed by atoms with van der Waals surface area (Å²) in [5, 5.41) is 1.72. The number of imidazole rings is 1. The number of carbonyl (C=O) groups is 1. The van der Waals surface area contributed by atoms with Crippen LogP contribution in [0.5, 0.6) is 0 Å². The van der Waals surface area contributed by atoms with Gasteiger partial charge in [0.05, 0.1) is 27.7 Å². The molecular weight excluding hydrogens is 399 g/mol. The van der Waals surface area contributed by atoms with Crippen LogP contribution in [0.3, 0.4) is 0 Å². The molecule has 1 N–H and O–H groups in total. The van der Waals surface area contributed by atoms with Crippen LogP contribution in [0.25, 0.3) is 33.5 Å². The molecule has 3 heterocycles. The fourth-order valence-corrected chi connectivity index (χ4v) is 3.38. The predicted octanol–water partition coefficient (Wildman–Crippen LogP) is 5.09. The molecule has 0 spiro atoms. The Labute approximate surface area is 171 Å². The zero-order chi connectivity index (χ0) is 19.8. The predicted molar refractivity (Wildman–Crippen MR) is 111 cm³/mol. The normalized spacial score (nSPS) is 11.6. The summed E-state index contributed by atoms with van der Waals surface area (Å²) in [6.45, 7) is 4.37. The summed E-state index contributed by atoms with van der Waals surface area (Å²) in [7, 11) is 0. The zero-order valence-electron chi connectivity index (χ0n) is 15.4. The quantitative estimate of drug-likeness (QED) is 0.460. The number of H-pyrrole nitrogens is 1. The van der Waals surface area contributed by atoms with E-state index in [9.17, 15) is 4.79 Å². The smallest absolute Gasteiger partial charge is 0.326 e. The molecule has 144 valence electrons. The lowest BCUT2D eigenvalue weighted by molar-refractivity contribution is -0.145. The van der Waals surface area contributed by atoms with Crippen molar-refractivity contribution in [2.75, 3.05) is 6.61 Å². The van der Waals surface area contributed by atoms with E-state index in [1.54, 1.807) is 22.9 Å². The van der Waals surface area contributed by atoms with E-state index >= 15 is 0 Å². The van der Waals surface area contributed by atoms with Gasteiger partial charge < -0.3 is 14.3 Å². The Morgan fingerprint density at radius 3 is 2.86 bits per heavy atom. The van der Waals surface area contributed by atoms with Gasteiger partial charge in [0, 0.05) is 23.3 Å². The topological polar surface area (TPSA) is 72.8 Å². The monoisotopic (exact) mass is 416 g/mol. The number of nitrogens with zero attached hydrogens (tertiary/aromatic N) is 3. The zero-order valence-corrected chi connectivity index (χ0v) is 16.9. The van der Waals surface area contributed by atoms with Gasteiger partial charge in [-0.05, 0) is 30.2 Å². The fraction of sp³-hybridized carbons (Fsp3) is 0.250. The lowest BCUT2D eigenvalue weighted by Crippen LogP contribution is -2.17. The Balaban J connectivity index is 1.86. The minimum Gasteiger partial charge on any atom is -0.464 e. The molecule has 28 heavy (non-hydrogen) atoms. The molecule has 0 atom stereocenters. The molecule has 0 aliphatic heterocycles. The van der Waals surface area contributed by atoms with Crippen LogP contribution >= 0.6 is 23.2 Å². The van der Waals surface area contributed by atoms with Gasteiger partial charge in [0.2, 0.25) is 0 Å². The summed E-state index contributed by atoms with van der Waals surface area (Å²) >= 11 is 12.4. The minimum atomic E-state index is -0.335. The summed E-state index contributed by atoms with van der Waals surface area (Å²) < 4.78 is 7.17. The Morgan fingerprint density at radius 1 is 1.29 bits per heavy atom. The average Bonchev–Trinajstić information content (AvgIpc) is 3.22. The molecule has 1 aromatic carbocycles. The van der Waals surface area contributed by atoms with Crippen LogP contribution in [0, 0.1) is 5.92 Å². The van der Waals surface area contributed by atoms with Crippen molar-refractivity contribution < 1.29 is 9.53 Å². The number of hydrogen-bond acceptors (Lipinski definition) is 4. The number of nitrogens with one attached hydrogen (secondary N) is 1. The molecule has 0 fully saturated rings. The second-order valence-corrected chi connectivity index (χ2v) is 7.77. The van der Waals surface area contributed by atoms with E-state index < -0.39 is 0 Å². The number of aromatic amines is 1. The van der Waals surface area contributed by atoms with Crippen LogP contribution in [0.15, 0.2) is 36.7 Å². The maximum absolute atomic E-state index is 12.4. The van der Waals surface area contributed by atoms with Gasteiger partial charge in [-0.1, -0.05) is 37.0 Å². The second-order valence-electron chi connectivity index (χ2n) is 6.96. The molecule has 0 saturated carbocycles. The van der Waals surface area contributed by atoms with Crippen molar-refractivity contribution >= 4 is 51.2 Å². The van der Waals surface area contributed by atoms with Gasteiger partial charge in [-0.15, -0.1) is 0 Å². The van der Waals surface area contributed by atoms with Crippen molar-refractivity contribution in [2.24, 2.45) is 5.92 Å². The van der Waals surface area contributed by atoms with Crippen molar-refractivity contribution in [3.05, 3.63) is 46.7 Å². The van der Waals surface area contributed by atoms with E-state index in [1.807, 2.05) is 32.2 Å². The highest BCUT2D eigenvalue weighted by atomic mass is 35.5. The molecule has 0 unspecified atom stereocenters. The molecule has 6 nitrogen and oxygen atoms in total. The Bertz CT molecular complexity index is 1180. The number of aromatic nitrogens is 4. The number of pyridine rings is 1. The molecule has 0 amide bonds. The van der Waals surface area contributed by atoms with Crippen molar-refractivity contribution in [2.45, 2.75) is 20.4 Å². The number of rotatable bonds is 5. The van der Waals surface area contributed by atoms with E-state index in [4.69, 9.17) is 32.9 Å². The van der Waals surface area contributed by atoms with Crippen LogP contribution in [0.2, 0.25) is 10.0 Å². The van der Waals surface area contributed by atoms with Crippen molar-refractivity contribution in [1.82, 2.24) is 19.5 Å². The standard InChI is InChI=1S/C20H18Cl2N4O2/c1-11(2)10-28-18(27)9-26-17-7-15(22)14(21)6-16(17)25-20(26)13-8-24-19-12(13)4-3-5-23-19/h3-8,11H,9-10H2,1-2H3,(H,23,24). The molecule has 0 saturated heterocycles. The fourth-order valence-electron chi connectivity index (χ4n) is 3.06. The lowest BCUT2D eigenvalue weighted by atomic mass is 10.2. The first-order valence-corrected chi connectivity index (χ1v) is 9.63. The van der Waals surface area contributed by atoms with Gasteiger partial charge in [-0.2, -0.15) is 0 Å². The van der Waals surface area contributed by atoms with Gasteiger partial charge >= 0.3 is 5.97 Å². The average molecular weight is 417 g/mol. The van der Waals surface area contributed by atoms with E-state index in [0.717, 1.165) is 16.6 Å². The van der Waals surface area contributed by atoms with E-state index in [0.29, 0.717) is 33.5 Å². The Hall–Kier alpha value is -2.57. The summed E-state index contributed by atoms with van der Waals surface area (Å²) in [6.07, 6.45) is 3.55. The first kappa shape index (κ1) is 18.8. The first-order valence-electron chi connectivity index (χ1n) is 8.87. The summed E-state index contributed by atoms with van der Waals surface area (Å²) in [5.74, 6) is 0.545.